The maximum atomic E-state index is 5.27. The molecule has 0 saturated heterocycles. The Bertz CT molecular complexity index is 307. The van der Waals surface area contributed by atoms with E-state index in [2.05, 4.69) is 4.98 Å². The van der Waals surface area contributed by atoms with Crippen LogP contribution in [-0.2, 0) is 6.54 Å². The Labute approximate surface area is 56.6 Å². The zero-order valence-corrected chi connectivity index (χ0v) is 5.20. The highest BCUT2D eigenvalue weighted by molar-refractivity contribution is 5.65. The number of fused-ring (bicyclic) bond motifs is 1. The van der Waals surface area contributed by atoms with Gasteiger partial charge in [-0.25, -0.2) is 0 Å². The van der Waals surface area contributed by atoms with Gasteiger partial charge in [-0.05, 0) is 0 Å². The van der Waals surface area contributed by atoms with Gasteiger partial charge < -0.3 is 14.6 Å². The van der Waals surface area contributed by atoms with Crippen molar-refractivity contribution in [2.45, 2.75) is 6.54 Å². The van der Waals surface area contributed by atoms with Gasteiger partial charge in [0.25, 0.3) is 5.71 Å². The molecule has 0 aromatic carbocycles. The fourth-order valence-electron chi connectivity index (χ4n) is 0.799. The molecule has 0 spiro atoms. The van der Waals surface area contributed by atoms with Crippen molar-refractivity contribution in [1.29, 1.82) is 0 Å². The third-order valence-electron chi connectivity index (χ3n) is 1.24. The van der Waals surface area contributed by atoms with E-state index < -0.39 is 0 Å². The van der Waals surface area contributed by atoms with Crippen molar-refractivity contribution in [2.24, 2.45) is 5.73 Å². The maximum absolute atomic E-state index is 5.27. The summed E-state index contributed by atoms with van der Waals surface area (Å²) in [4.78, 5) is 3.93. The van der Waals surface area contributed by atoms with Crippen LogP contribution in [0, 0.1) is 0 Å². The molecule has 10 heavy (non-hydrogen) atoms. The zero-order valence-electron chi connectivity index (χ0n) is 5.20. The molecule has 52 valence electrons. The molecule has 2 rings (SSSR count). The molecule has 0 fully saturated rings. The molecule has 0 bridgehead atoms. The normalized spacial score (nSPS) is 10.9. The minimum Gasteiger partial charge on any atom is -0.444 e. The number of nitrogens with two attached hydrogens (primary N) is 1. The number of furan rings is 1. The molecule has 2 aromatic rings. The van der Waals surface area contributed by atoms with Crippen LogP contribution in [-0.4, -0.2) is 4.98 Å². The quantitative estimate of drug-likeness (QED) is 0.635. The lowest BCUT2D eigenvalue weighted by atomic mass is 10.6. The zero-order chi connectivity index (χ0) is 6.97. The van der Waals surface area contributed by atoms with Crippen LogP contribution >= 0.6 is 0 Å². The third-order valence-corrected chi connectivity index (χ3v) is 1.24. The first-order valence-corrected chi connectivity index (χ1v) is 2.93. The minimum absolute atomic E-state index is 0.310. The molecule has 0 aliphatic heterocycles. The van der Waals surface area contributed by atoms with Crippen LogP contribution in [0.15, 0.2) is 21.2 Å². The van der Waals surface area contributed by atoms with Gasteiger partial charge in [-0.1, -0.05) is 0 Å². The monoisotopic (exact) mass is 138 g/mol. The number of aromatic nitrogens is 1. The molecular weight excluding hydrogens is 132 g/mol. The summed E-state index contributed by atoms with van der Waals surface area (Å²) in [6.07, 6.45) is 1.53. The summed E-state index contributed by atoms with van der Waals surface area (Å²) in [5, 5.41) is 0. The van der Waals surface area contributed by atoms with E-state index in [9.17, 15) is 0 Å². The SMILES string of the molecule is NCc1nc2occc2o1. The Hall–Kier alpha value is -1.29. The van der Waals surface area contributed by atoms with Crippen LogP contribution in [0.2, 0.25) is 0 Å². The molecule has 2 aromatic heterocycles. The van der Waals surface area contributed by atoms with Gasteiger partial charge in [0.15, 0.2) is 5.58 Å². The predicted molar refractivity (Wildman–Crippen MR) is 34.2 cm³/mol. The van der Waals surface area contributed by atoms with Crippen molar-refractivity contribution in [3.05, 3.63) is 18.2 Å². The van der Waals surface area contributed by atoms with Crippen LogP contribution in [0.5, 0.6) is 0 Å². The fraction of sp³-hybridized carbons (Fsp3) is 0.167. The lowest BCUT2D eigenvalue weighted by Gasteiger charge is -1.79. The molecule has 4 heteroatoms. The van der Waals surface area contributed by atoms with E-state index in [1.54, 1.807) is 6.07 Å². The van der Waals surface area contributed by atoms with Crippen molar-refractivity contribution in [3.8, 4) is 0 Å². The molecule has 0 atom stereocenters. The highest BCUT2D eigenvalue weighted by Crippen LogP contribution is 2.14. The van der Waals surface area contributed by atoms with Crippen molar-refractivity contribution >= 4 is 11.3 Å². The van der Waals surface area contributed by atoms with Crippen LogP contribution in [0.4, 0.5) is 0 Å². The lowest BCUT2D eigenvalue weighted by Crippen LogP contribution is -1.95. The summed E-state index contributed by atoms with van der Waals surface area (Å²) in [5.74, 6) is 0.509. The van der Waals surface area contributed by atoms with Gasteiger partial charge in [0.05, 0.1) is 12.8 Å². The van der Waals surface area contributed by atoms with E-state index in [0.717, 1.165) is 0 Å². The molecule has 0 radical (unpaired) electrons. The summed E-state index contributed by atoms with van der Waals surface area (Å²) < 4.78 is 10.1. The van der Waals surface area contributed by atoms with Crippen LogP contribution in [0.3, 0.4) is 0 Å². The van der Waals surface area contributed by atoms with Crippen LogP contribution in [0.1, 0.15) is 5.89 Å². The first-order chi connectivity index (χ1) is 4.90. The Morgan fingerprint density at radius 1 is 1.60 bits per heavy atom. The molecular formula is C6H6N2O2. The summed E-state index contributed by atoms with van der Waals surface area (Å²) in [7, 11) is 0. The first-order valence-electron chi connectivity index (χ1n) is 2.93. The average molecular weight is 138 g/mol. The highest BCUT2D eigenvalue weighted by Gasteiger charge is 2.04. The molecule has 0 saturated carbocycles. The molecule has 0 unspecified atom stereocenters. The Kier molecular flexibility index (Phi) is 1.01. The molecule has 4 nitrogen and oxygen atoms in total. The van der Waals surface area contributed by atoms with Gasteiger partial charge in [-0.2, -0.15) is 4.98 Å². The average Bonchev–Trinajstić information content (AvgIpc) is 2.42. The largest absolute Gasteiger partial charge is 0.444 e. The number of rotatable bonds is 1. The van der Waals surface area contributed by atoms with Crippen molar-refractivity contribution < 1.29 is 8.83 Å². The van der Waals surface area contributed by atoms with E-state index in [4.69, 9.17) is 14.6 Å². The Morgan fingerprint density at radius 2 is 2.50 bits per heavy atom. The second kappa shape index (κ2) is 1.85. The van der Waals surface area contributed by atoms with Gasteiger partial charge in [0.2, 0.25) is 5.89 Å². The van der Waals surface area contributed by atoms with E-state index in [-0.39, 0.29) is 0 Å². The van der Waals surface area contributed by atoms with E-state index in [1.165, 1.54) is 6.26 Å². The topological polar surface area (TPSA) is 65.2 Å². The summed E-state index contributed by atoms with van der Waals surface area (Å²) in [6.45, 7) is 0.310. The van der Waals surface area contributed by atoms with Gasteiger partial charge in [0.1, 0.15) is 0 Å². The Balaban J connectivity index is 2.67. The number of hydrogen-bond donors (Lipinski definition) is 1. The smallest absolute Gasteiger partial charge is 0.265 e. The fourth-order valence-corrected chi connectivity index (χ4v) is 0.799. The highest BCUT2D eigenvalue weighted by atomic mass is 16.4. The third kappa shape index (κ3) is 0.625. The van der Waals surface area contributed by atoms with E-state index in [0.29, 0.717) is 23.7 Å². The van der Waals surface area contributed by atoms with Crippen LogP contribution in [0.25, 0.3) is 11.3 Å². The number of oxazole rings is 1. The summed E-state index contributed by atoms with van der Waals surface area (Å²) in [6, 6.07) is 1.71. The van der Waals surface area contributed by atoms with E-state index in [1.807, 2.05) is 0 Å². The second-order valence-corrected chi connectivity index (χ2v) is 1.90. The van der Waals surface area contributed by atoms with Gasteiger partial charge in [0, 0.05) is 6.07 Å². The van der Waals surface area contributed by atoms with Gasteiger partial charge in [-0.15, -0.1) is 0 Å². The van der Waals surface area contributed by atoms with Crippen molar-refractivity contribution in [2.75, 3.05) is 0 Å². The van der Waals surface area contributed by atoms with Gasteiger partial charge >= 0.3 is 0 Å². The number of hydrogen-bond acceptors (Lipinski definition) is 4. The van der Waals surface area contributed by atoms with Crippen LogP contribution < -0.4 is 5.73 Å². The molecule has 0 amide bonds. The lowest BCUT2D eigenvalue weighted by molar-refractivity contribution is 0.532. The Morgan fingerprint density at radius 3 is 3.20 bits per heavy atom. The predicted octanol–water partition coefficient (Wildman–Crippen LogP) is 0.880. The standard InChI is InChI=1S/C6H6N2O2/c7-3-5-8-6-4(10-5)1-2-9-6/h1-2H,3,7H2. The first kappa shape index (κ1) is 5.49. The van der Waals surface area contributed by atoms with Crippen molar-refractivity contribution in [3.63, 3.8) is 0 Å². The molecule has 0 aliphatic rings. The molecule has 2 heterocycles. The molecule has 2 N–H and O–H groups in total. The minimum atomic E-state index is 0.310. The van der Waals surface area contributed by atoms with Crippen molar-refractivity contribution in [1.82, 2.24) is 4.98 Å². The second-order valence-electron chi connectivity index (χ2n) is 1.90. The summed E-state index contributed by atoms with van der Waals surface area (Å²) in [5.41, 5.74) is 6.44. The number of nitrogens with zero attached hydrogens (tertiary/aromatic N) is 1. The summed E-state index contributed by atoms with van der Waals surface area (Å²) >= 11 is 0. The maximum Gasteiger partial charge on any atom is 0.265 e. The van der Waals surface area contributed by atoms with Gasteiger partial charge in [-0.3, -0.25) is 0 Å². The van der Waals surface area contributed by atoms with E-state index >= 15 is 0 Å². The molecule has 0 aliphatic carbocycles.